The molecular weight excluding hydrogens is 181 g/mol. The van der Waals surface area contributed by atoms with Crippen molar-refractivity contribution in [1.82, 2.24) is 5.32 Å². The summed E-state index contributed by atoms with van der Waals surface area (Å²) in [5.41, 5.74) is 1.16. The summed E-state index contributed by atoms with van der Waals surface area (Å²) < 4.78 is 12.3. The van der Waals surface area contributed by atoms with Crippen LogP contribution in [0.3, 0.4) is 0 Å². The van der Waals surface area contributed by atoms with Crippen LogP contribution in [-0.2, 0) is 4.79 Å². The molecule has 14 heavy (non-hydrogen) atoms. The molecule has 1 atom stereocenters. The van der Waals surface area contributed by atoms with Crippen molar-refractivity contribution in [3.05, 3.63) is 23.6 Å². The van der Waals surface area contributed by atoms with Gasteiger partial charge in [0.15, 0.2) is 0 Å². The van der Waals surface area contributed by atoms with Gasteiger partial charge in [0, 0.05) is 6.04 Å². The number of hydrogen-bond donors (Lipinski definition) is 1. The van der Waals surface area contributed by atoms with Crippen LogP contribution >= 0.6 is 0 Å². The number of nitrogens with one attached hydrogen (secondary N) is 1. The van der Waals surface area contributed by atoms with E-state index in [2.05, 4.69) is 5.32 Å². The zero-order valence-corrected chi connectivity index (χ0v) is 9.01. The van der Waals surface area contributed by atoms with Gasteiger partial charge in [0.2, 0.25) is 6.41 Å². The van der Waals surface area contributed by atoms with E-state index in [0.29, 0.717) is 12.8 Å². The molecule has 0 aromatic heterocycles. The van der Waals surface area contributed by atoms with Crippen molar-refractivity contribution >= 4 is 6.41 Å². The molecule has 0 aromatic carbocycles. The fourth-order valence-electron chi connectivity index (χ4n) is 1.16. The number of rotatable bonds is 6. The van der Waals surface area contributed by atoms with Crippen LogP contribution in [-0.4, -0.2) is 12.5 Å². The lowest BCUT2D eigenvalue weighted by Crippen LogP contribution is -2.24. The Kier molecular flexibility index (Phi) is 6.72. The molecule has 0 aliphatic carbocycles. The van der Waals surface area contributed by atoms with Gasteiger partial charge < -0.3 is 5.32 Å². The van der Waals surface area contributed by atoms with Gasteiger partial charge in [-0.3, -0.25) is 4.79 Å². The minimum absolute atomic E-state index is 0.138. The van der Waals surface area contributed by atoms with Crippen molar-refractivity contribution in [1.29, 1.82) is 0 Å². The fourth-order valence-corrected chi connectivity index (χ4v) is 1.16. The molecule has 0 saturated carbocycles. The van der Waals surface area contributed by atoms with E-state index < -0.39 is 0 Å². The predicted octanol–water partition coefficient (Wildman–Crippen LogP) is 2.72. The number of allylic oxidation sites excluding steroid dienone is 3. The zero-order chi connectivity index (χ0) is 11.0. The van der Waals surface area contributed by atoms with Crippen molar-refractivity contribution in [2.24, 2.45) is 0 Å². The predicted molar refractivity (Wildman–Crippen MR) is 56.5 cm³/mol. The lowest BCUT2D eigenvalue weighted by molar-refractivity contribution is -0.110. The smallest absolute Gasteiger partial charge is 0.207 e. The van der Waals surface area contributed by atoms with E-state index in [4.69, 9.17) is 0 Å². The van der Waals surface area contributed by atoms with Crippen LogP contribution < -0.4 is 5.32 Å². The average molecular weight is 199 g/mol. The first kappa shape index (κ1) is 12.9. The number of halogens is 1. The summed E-state index contributed by atoms with van der Waals surface area (Å²) >= 11 is 0. The fraction of sp³-hybridized carbons (Fsp3) is 0.545. The summed E-state index contributed by atoms with van der Waals surface area (Å²) in [6.07, 6.45) is 5.61. The molecule has 1 amide bonds. The van der Waals surface area contributed by atoms with E-state index in [0.717, 1.165) is 12.0 Å². The monoisotopic (exact) mass is 199 g/mol. The molecule has 0 rings (SSSR count). The first-order valence-corrected chi connectivity index (χ1v) is 4.74. The maximum atomic E-state index is 12.3. The summed E-state index contributed by atoms with van der Waals surface area (Å²) in [6, 6.07) is 0.138. The quantitative estimate of drug-likeness (QED) is 0.517. The van der Waals surface area contributed by atoms with E-state index in [1.165, 1.54) is 13.0 Å². The topological polar surface area (TPSA) is 29.1 Å². The maximum Gasteiger partial charge on any atom is 0.207 e. The highest BCUT2D eigenvalue weighted by Gasteiger charge is 1.99. The van der Waals surface area contributed by atoms with Crippen LogP contribution in [0.1, 0.15) is 33.6 Å². The summed E-state index contributed by atoms with van der Waals surface area (Å²) in [6.45, 7) is 5.34. The van der Waals surface area contributed by atoms with Gasteiger partial charge in [-0.25, -0.2) is 4.39 Å². The standard InChI is InChI=1S/C11H18FNO/c1-9(5-4-6-10(2)12)7-11(3)13-8-14/h5-6,8,11H,4,7H2,1-3H3,(H,13,14)/b9-5+,10-6+. The number of carbonyl (C=O) groups excluding carboxylic acids is 1. The van der Waals surface area contributed by atoms with Crippen LogP contribution in [0.15, 0.2) is 23.6 Å². The summed E-state index contributed by atoms with van der Waals surface area (Å²) in [7, 11) is 0. The van der Waals surface area contributed by atoms with Gasteiger partial charge in [-0.2, -0.15) is 0 Å². The van der Waals surface area contributed by atoms with Crippen molar-refractivity contribution < 1.29 is 9.18 Å². The minimum atomic E-state index is -0.159. The van der Waals surface area contributed by atoms with E-state index in [-0.39, 0.29) is 11.9 Å². The maximum absolute atomic E-state index is 12.3. The highest BCUT2D eigenvalue weighted by molar-refractivity contribution is 5.46. The lowest BCUT2D eigenvalue weighted by atomic mass is 10.1. The molecule has 0 fully saturated rings. The molecule has 0 bridgehead atoms. The van der Waals surface area contributed by atoms with Gasteiger partial charge in [-0.05, 0) is 39.7 Å². The van der Waals surface area contributed by atoms with Gasteiger partial charge in [-0.15, -0.1) is 0 Å². The Balaban J connectivity index is 3.88. The van der Waals surface area contributed by atoms with E-state index in [1.807, 2.05) is 19.9 Å². The van der Waals surface area contributed by atoms with Crippen molar-refractivity contribution in [3.63, 3.8) is 0 Å². The number of hydrogen-bond acceptors (Lipinski definition) is 1. The largest absolute Gasteiger partial charge is 0.356 e. The molecule has 0 aliphatic heterocycles. The van der Waals surface area contributed by atoms with Gasteiger partial charge in [-0.1, -0.05) is 11.6 Å². The Morgan fingerprint density at radius 2 is 2.07 bits per heavy atom. The molecular formula is C11H18FNO. The van der Waals surface area contributed by atoms with E-state index >= 15 is 0 Å². The molecule has 1 unspecified atom stereocenters. The van der Waals surface area contributed by atoms with Crippen molar-refractivity contribution in [2.45, 2.75) is 39.7 Å². The molecule has 80 valence electrons. The third-order valence-electron chi connectivity index (χ3n) is 1.85. The Hall–Kier alpha value is -1.12. The second-order valence-corrected chi connectivity index (χ2v) is 3.47. The first-order valence-electron chi connectivity index (χ1n) is 4.74. The first-order chi connectivity index (χ1) is 6.56. The van der Waals surface area contributed by atoms with Crippen molar-refractivity contribution in [3.8, 4) is 0 Å². The van der Waals surface area contributed by atoms with Gasteiger partial charge in [0.05, 0.1) is 5.83 Å². The van der Waals surface area contributed by atoms with E-state index in [9.17, 15) is 9.18 Å². The molecule has 3 heteroatoms. The van der Waals surface area contributed by atoms with Gasteiger partial charge >= 0.3 is 0 Å². The third-order valence-corrected chi connectivity index (χ3v) is 1.85. The Bertz CT molecular complexity index is 229. The molecule has 0 aromatic rings. The molecule has 0 radical (unpaired) electrons. The highest BCUT2D eigenvalue weighted by Crippen LogP contribution is 2.06. The Morgan fingerprint density at radius 3 is 2.57 bits per heavy atom. The number of amides is 1. The van der Waals surface area contributed by atoms with Crippen LogP contribution in [0.4, 0.5) is 4.39 Å². The summed E-state index contributed by atoms with van der Waals surface area (Å²) in [5, 5.41) is 2.66. The Morgan fingerprint density at radius 1 is 1.43 bits per heavy atom. The van der Waals surface area contributed by atoms with Crippen LogP contribution in [0, 0.1) is 0 Å². The van der Waals surface area contributed by atoms with Crippen LogP contribution in [0.2, 0.25) is 0 Å². The zero-order valence-electron chi connectivity index (χ0n) is 9.01. The minimum Gasteiger partial charge on any atom is -0.356 e. The number of carbonyl (C=O) groups is 1. The summed E-state index contributed by atoms with van der Waals surface area (Å²) in [5.74, 6) is -0.159. The molecule has 0 spiro atoms. The summed E-state index contributed by atoms with van der Waals surface area (Å²) in [4.78, 5) is 10.1. The Labute approximate surface area is 84.9 Å². The average Bonchev–Trinajstić information content (AvgIpc) is 2.03. The van der Waals surface area contributed by atoms with E-state index in [1.54, 1.807) is 0 Å². The van der Waals surface area contributed by atoms with Gasteiger partial charge in [0.1, 0.15) is 0 Å². The molecule has 0 heterocycles. The molecule has 0 aliphatic rings. The lowest BCUT2D eigenvalue weighted by Gasteiger charge is -2.09. The molecule has 2 nitrogen and oxygen atoms in total. The SMILES string of the molecule is C/C(F)=C\C/C=C(\C)CC(C)NC=O. The van der Waals surface area contributed by atoms with Gasteiger partial charge in [0.25, 0.3) is 0 Å². The second kappa shape index (κ2) is 7.30. The van der Waals surface area contributed by atoms with Crippen LogP contribution in [0.25, 0.3) is 0 Å². The molecule has 1 N–H and O–H groups in total. The third kappa shape index (κ3) is 7.53. The highest BCUT2D eigenvalue weighted by atomic mass is 19.1. The van der Waals surface area contributed by atoms with Crippen molar-refractivity contribution in [2.75, 3.05) is 0 Å². The second-order valence-electron chi connectivity index (χ2n) is 3.47. The normalized spacial score (nSPS) is 15.1. The van der Waals surface area contributed by atoms with Crippen LogP contribution in [0.5, 0.6) is 0 Å². The molecule has 0 saturated heterocycles.